The third-order valence-corrected chi connectivity index (χ3v) is 5.66. The van der Waals surface area contributed by atoms with Gasteiger partial charge in [0.1, 0.15) is 5.75 Å². The van der Waals surface area contributed by atoms with Crippen LogP contribution in [0.15, 0.2) is 54.6 Å². The molecule has 6 heteroatoms. The summed E-state index contributed by atoms with van der Waals surface area (Å²) in [4.78, 5) is 27.4. The number of nitrogens with one attached hydrogen (secondary N) is 2. The largest absolute Gasteiger partial charge is 0.497 e. The molecule has 0 bridgehead atoms. The molecule has 2 amide bonds. The summed E-state index contributed by atoms with van der Waals surface area (Å²) in [7, 11) is 1.65. The molecule has 0 radical (unpaired) electrons. The number of carbonyl (C=O) groups excluding carboxylic acids is 2. The number of rotatable bonds is 8. The third-order valence-electron chi connectivity index (χ3n) is 5.66. The Morgan fingerprint density at radius 2 is 1.87 bits per heavy atom. The summed E-state index contributed by atoms with van der Waals surface area (Å²) in [6.45, 7) is 3.94. The Hall–Kier alpha value is -2.86. The summed E-state index contributed by atoms with van der Waals surface area (Å²) in [5.74, 6) is 0.756. The quantitative estimate of drug-likeness (QED) is 0.703. The van der Waals surface area contributed by atoms with Crippen molar-refractivity contribution in [1.29, 1.82) is 0 Å². The van der Waals surface area contributed by atoms with Crippen LogP contribution in [0.25, 0.3) is 0 Å². The second-order valence-electron chi connectivity index (χ2n) is 7.75. The Bertz CT molecular complexity index is 823. The number of likely N-dealkylation sites (tertiary alicyclic amines) is 1. The molecule has 1 fully saturated rings. The summed E-state index contributed by atoms with van der Waals surface area (Å²) >= 11 is 0. The van der Waals surface area contributed by atoms with Gasteiger partial charge in [-0.25, -0.2) is 0 Å². The van der Waals surface area contributed by atoms with E-state index in [0.29, 0.717) is 13.1 Å². The Kier molecular flexibility index (Phi) is 7.85. The van der Waals surface area contributed by atoms with E-state index in [2.05, 4.69) is 15.5 Å². The van der Waals surface area contributed by atoms with E-state index in [9.17, 15) is 9.59 Å². The van der Waals surface area contributed by atoms with Crippen LogP contribution in [0.4, 0.5) is 5.69 Å². The highest BCUT2D eigenvalue weighted by Crippen LogP contribution is 2.20. The number of benzene rings is 2. The number of hydrogen-bond acceptors (Lipinski definition) is 4. The summed E-state index contributed by atoms with van der Waals surface area (Å²) in [6, 6.07) is 17.1. The molecule has 30 heavy (non-hydrogen) atoms. The summed E-state index contributed by atoms with van der Waals surface area (Å²) in [6.07, 6.45) is 2.53. The van der Waals surface area contributed by atoms with Crippen LogP contribution in [0.2, 0.25) is 0 Å². The van der Waals surface area contributed by atoms with Gasteiger partial charge in [0.2, 0.25) is 11.8 Å². The van der Waals surface area contributed by atoms with Gasteiger partial charge >= 0.3 is 0 Å². The van der Waals surface area contributed by atoms with E-state index in [-0.39, 0.29) is 23.8 Å². The average molecular weight is 410 g/mol. The lowest BCUT2D eigenvalue weighted by Gasteiger charge is -2.35. The lowest BCUT2D eigenvalue weighted by atomic mass is 9.95. The normalized spacial score (nSPS) is 17.7. The number of carbonyl (C=O) groups is 2. The number of ether oxygens (including phenoxy) is 1. The van der Waals surface area contributed by atoms with Gasteiger partial charge in [-0.2, -0.15) is 0 Å². The van der Waals surface area contributed by atoms with Crippen LogP contribution >= 0.6 is 0 Å². The summed E-state index contributed by atoms with van der Waals surface area (Å²) in [5, 5.41) is 6.01. The zero-order valence-electron chi connectivity index (χ0n) is 17.8. The van der Waals surface area contributed by atoms with Crippen LogP contribution in [-0.2, 0) is 16.0 Å². The zero-order valence-corrected chi connectivity index (χ0v) is 17.8. The fraction of sp³-hybridized carbons (Fsp3) is 0.417. The van der Waals surface area contributed by atoms with Crippen LogP contribution in [0, 0.1) is 5.92 Å². The molecule has 1 saturated heterocycles. The third kappa shape index (κ3) is 6.07. The topological polar surface area (TPSA) is 70.7 Å². The molecule has 0 saturated carbocycles. The van der Waals surface area contributed by atoms with Gasteiger partial charge in [-0.05, 0) is 62.6 Å². The maximum absolute atomic E-state index is 12.6. The molecule has 160 valence electrons. The van der Waals surface area contributed by atoms with Crippen molar-refractivity contribution < 1.29 is 14.3 Å². The van der Waals surface area contributed by atoms with Gasteiger partial charge in [-0.1, -0.05) is 30.3 Å². The molecule has 2 aromatic rings. The molecule has 2 unspecified atom stereocenters. The van der Waals surface area contributed by atoms with Gasteiger partial charge < -0.3 is 15.4 Å². The molecule has 1 aliphatic rings. The van der Waals surface area contributed by atoms with Crippen LogP contribution in [-0.4, -0.2) is 49.5 Å². The molecular weight excluding hydrogens is 378 g/mol. The van der Waals surface area contributed by atoms with Gasteiger partial charge in [-0.3, -0.25) is 14.5 Å². The van der Waals surface area contributed by atoms with Crippen molar-refractivity contribution in [3.05, 3.63) is 60.2 Å². The van der Waals surface area contributed by atoms with Gasteiger partial charge in [0.05, 0.1) is 19.1 Å². The van der Waals surface area contributed by atoms with Crippen LogP contribution in [0.1, 0.15) is 25.3 Å². The first-order chi connectivity index (χ1) is 14.6. The molecule has 6 nitrogen and oxygen atoms in total. The van der Waals surface area contributed by atoms with E-state index in [1.54, 1.807) is 7.11 Å². The SMILES string of the molecule is COc1ccc(CCNC(=O)C(C)N2CCCC(C(=O)Nc3ccccc3)C2)cc1. The summed E-state index contributed by atoms with van der Waals surface area (Å²) < 4.78 is 5.17. The maximum Gasteiger partial charge on any atom is 0.237 e. The number of piperidine rings is 1. The lowest BCUT2D eigenvalue weighted by Crippen LogP contribution is -2.51. The van der Waals surface area contributed by atoms with Crippen molar-refractivity contribution in [1.82, 2.24) is 10.2 Å². The molecule has 1 aliphatic heterocycles. The predicted molar refractivity (Wildman–Crippen MR) is 119 cm³/mol. The highest BCUT2D eigenvalue weighted by molar-refractivity contribution is 5.92. The Morgan fingerprint density at radius 1 is 1.13 bits per heavy atom. The number of methoxy groups -OCH3 is 1. The Morgan fingerprint density at radius 3 is 2.57 bits per heavy atom. The predicted octanol–water partition coefficient (Wildman–Crippen LogP) is 3.09. The second-order valence-corrected chi connectivity index (χ2v) is 7.75. The lowest BCUT2D eigenvalue weighted by molar-refractivity contribution is -0.129. The van der Waals surface area contributed by atoms with Crippen molar-refractivity contribution >= 4 is 17.5 Å². The van der Waals surface area contributed by atoms with Crippen molar-refractivity contribution in [3.8, 4) is 5.75 Å². The van der Waals surface area contributed by atoms with E-state index in [1.807, 2.05) is 61.5 Å². The van der Waals surface area contributed by atoms with Crippen LogP contribution in [0.3, 0.4) is 0 Å². The number of para-hydroxylation sites is 1. The molecular formula is C24H31N3O3. The van der Waals surface area contributed by atoms with E-state index < -0.39 is 0 Å². The van der Waals surface area contributed by atoms with E-state index in [1.165, 1.54) is 0 Å². The van der Waals surface area contributed by atoms with Crippen LogP contribution < -0.4 is 15.4 Å². The standard InChI is InChI=1S/C24H31N3O3/c1-18(23(28)25-15-14-19-10-12-22(30-2)13-11-19)27-16-6-7-20(17-27)24(29)26-21-8-4-3-5-9-21/h3-5,8-13,18,20H,6-7,14-17H2,1-2H3,(H,25,28)(H,26,29). The first kappa shape index (κ1) is 21.8. The minimum absolute atomic E-state index is 0.00706. The highest BCUT2D eigenvalue weighted by atomic mass is 16.5. The zero-order chi connectivity index (χ0) is 21.3. The monoisotopic (exact) mass is 409 g/mol. The maximum atomic E-state index is 12.6. The van der Waals surface area contributed by atoms with Gasteiger partial charge in [0.15, 0.2) is 0 Å². The minimum Gasteiger partial charge on any atom is -0.497 e. The Labute approximate surface area is 178 Å². The number of nitrogens with zero attached hydrogens (tertiary/aromatic N) is 1. The Balaban J connectivity index is 1.45. The molecule has 2 atom stereocenters. The fourth-order valence-corrected chi connectivity index (χ4v) is 3.77. The second kappa shape index (κ2) is 10.8. The van der Waals surface area contributed by atoms with Crippen molar-refractivity contribution in [2.45, 2.75) is 32.2 Å². The molecule has 2 aromatic carbocycles. The van der Waals surface area contributed by atoms with E-state index in [0.717, 1.165) is 42.8 Å². The number of amides is 2. The van der Waals surface area contributed by atoms with Gasteiger partial charge in [0, 0.05) is 18.8 Å². The van der Waals surface area contributed by atoms with E-state index in [4.69, 9.17) is 4.74 Å². The minimum atomic E-state index is -0.256. The number of anilines is 1. The molecule has 0 aliphatic carbocycles. The van der Waals surface area contributed by atoms with Crippen molar-refractivity contribution in [2.75, 3.05) is 32.1 Å². The summed E-state index contributed by atoms with van der Waals surface area (Å²) in [5.41, 5.74) is 1.96. The highest BCUT2D eigenvalue weighted by Gasteiger charge is 2.30. The molecule has 1 heterocycles. The molecule has 0 aromatic heterocycles. The molecule has 2 N–H and O–H groups in total. The van der Waals surface area contributed by atoms with Crippen molar-refractivity contribution in [2.24, 2.45) is 5.92 Å². The van der Waals surface area contributed by atoms with Gasteiger partial charge in [0.25, 0.3) is 0 Å². The average Bonchev–Trinajstić information content (AvgIpc) is 2.79. The van der Waals surface area contributed by atoms with Crippen LogP contribution in [0.5, 0.6) is 5.75 Å². The smallest absolute Gasteiger partial charge is 0.237 e. The van der Waals surface area contributed by atoms with Crippen molar-refractivity contribution in [3.63, 3.8) is 0 Å². The van der Waals surface area contributed by atoms with Gasteiger partial charge in [-0.15, -0.1) is 0 Å². The first-order valence-electron chi connectivity index (χ1n) is 10.6. The first-order valence-corrected chi connectivity index (χ1v) is 10.6. The van der Waals surface area contributed by atoms with E-state index >= 15 is 0 Å². The number of hydrogen-bond donors (Lipinski definition) is 2. The fourth-order valence-electron chi connectivity index (χ4n) is 3.77. The molecule has 0 spiro atoms. The molecule has 3 rings (SSSR count).